The van der Waals surface area contributed by atoms with E-state index in [0.717, 1.165) is 5.56 Å². The third-order valence-corrected chi connectivity index (χ3v) is 2.95. The largest absolute Gasteiger partial charge is 0.508 e. The fourth-order valence-electron chi connectivity index (χ4n) is 2.03. The average Bonchev–Trinajstić information content (AvgIpc) is 2.63. The molecule has 0 saturated heterocycles. The fourth-order valence-corrected chi connectivity index (χ4v) is 2.03. The topological polar surface area (TPSA) is 59.7 Å². The molecule has 4 nitrogen and oxygen atoms in total. The van der Waals surface area contributed by atoms with Gasteiger partial charge in [-0.15, -0.1) is 0 Å². The number of hydrogen-bond donors (Lipinski definition) is 1. The van der Waals surface area contributed by atoms with Gasteiger partial charge in [0.1, 0.15) is 22.7 Å². The number of benzene rings is 1. The molecule has 0 atom stereocenters. The molecule has 0 aliphatic carbocycles. The first-order valence-corrected chi connectivity index (χ1v) is 5.28. The van der Waals surface area contributed by atoms with Crippen LogP contribution in [-0.2, 0) is 4.74 Å². The number of hydrogen-bond acceptors (Lipinski definition) is 4. The Morgan fingerprint density at radius 2 is 2.00 bits per heavy atom. The molecule has 0 fully saturated rings. The van der Waals surface area contributed by atoms with Crippen molar-refractivity contribution in [2.75, 3.05) is 7.11 Å². The van der Waals surface area contributed by atoms with Gasteiger partial charge in [0.25, 0.3) is 0 Å². The van der Waals surface area contributed by atoms with Gasteiger partial charge in [-0.05, 0) is 32.4 Å². The van der Waals surface area contributed by atoms with E-state index in [1.807, 2.05) is 6.92 Å². The number of furan rings is 1. The molecule has 17 heavy (non-hydrogen) atoms. The minimum Gasteiger partial charge on any atom is -0.508 e. The Labute approximate surface area is 98.8 Å². The zero-order valence-corrected chi connectivity index (χ0v) is 10.2. The molecule has 0 saturated carbocycles. The number of aromatic hydroxyl groups is 1. The molecule has 2 aromatic rings. The predicted octanol–water partition coefficient (Wildman–Crippen LogP) is 2.85. The van der Waals surface area contributed by atoms with Gasteiger partial charge in [-0.3, -0.25) is 0 Å². The number of rotatable bonds is 1. The van der Waals surface area contributed by atoms with Crippen molar-refractivity contribution in [3.8, 4) is 5.75 Å². The lowest BCUT2D eigenvalue weighted by Crippen LogP contribution is -2.02. The van der Waals surface area contributed by atoms with Crippen molar-refractivity contribution in [3.05, 3.63) is 28.5 Å². The van der Waals surface area contributed by atoms with Gasteiger partial charge in [-0.25, -0.2) is 4.79 Å². The molecule has 2 rings (SSSR count). The van der Waals surface area contributed by atoms with Crippen LogP contribution in [0.1, 0.15) is 27.2 Å². The van der Waals surface area contributed by atoms with E-state index in [1.54, 1.807) is 19.9 Å². The van der Waals surface area contributed by atoms with E-state index in [4.69, 9.17) is 9.15 Å². The highest BCUT2D eigenvalue weighted by atomic mass is 16.5. The molecule has 0 amide bonds. The first kappa shape index (κ1) is 11.5. The summed E-state index contributed by atoms with van der Waals surface area (Å²) in [5, 5.41) is 10.4. The second-order valence-electron chi connectivity index (χ2n) is 4.07. The van der Waals surface area contributed by atoms with Crippen LogP contribution < -0.4 is 0 Å². The van der Waals surface area contributed by atoms with E-state index in [2.05, 4.69) is 0 Å². The summed E-state index contributed by atoms with van der Waals surface area (Å²) in [5.74, 6) is 0.248. The molecule has 0 aliphatic rings. The molecule has 1 heterocycles. The summed E-state index contributed by atoms with van der Waals surface area (Å²) in [6, 6.07) is 1.62. The standard InChI is InChI=1S/C13H14O4/c1-6-5-9(14)7(2)12-10(6)11(8(3)17-12)13(15)16-4/h5,14H,1-4H3. The van der Waals surface area contributed by atoms with Crippen LogP contribution in [0.5, 0.6) is 5.75 Å². The van der Waals surface area contributed by atoms with Crippen LogP contribution in [0.4, 0.5) is 0 Å². The fraction of sp³-hybridized carbons (Fsp3) is 0.308. The lowest BCUT2D eigenvalue weighted by atomic mass is 10.0. The molecule has 1 N–H and O–H groups in total. The van der Waals surface area contributed by atoms with Crippen molar-refractivity contribution in [3.63, 3.8) is 0 Å². The minimum atomic E-state index is -0.422. The van der Waals surface area contributed by atoms with Gasteiger partial charge >= 0.3 is 5.97 Å². The molecule has 0 radical (unpaired) electrons. The van der Waals surface area contributed by atoms with Crippen LogP contribution in [-0.4, -0.2) is 18.2 Å². The molecule has 0 unspecified atom stereocenters. The Bertz CT molecular complexity index is 608. The maximum Gasteiger partial charge on any atom is 0.342 e. The van der Waals surface area contributed by atoms with E-state index in [-0.39, 0.29) is 5.75 Å². The molecule has 0 aliphatic heterocycles. The van der Waals surface area contributed by atoms with Crippen LogP contribution in [0.25, 0.3) is 11.0 Å². The smallest absolute Gasteiger partial charge is 0.342 e. The average molecular weight is 234 g/mol. The monoisotopic (exact) mass is 234 g/mol. The molecule has 90 valence electrons. The number of esters is 1. The van der Waals surface area contributed by atoms with Crippen molar-refractivity contribution in [2.45, 2.75) is 20.8 Å². The highest BCUT2D eigenvalue weighted by Gasteiger charge is 2.22. The maximum atomic E-state index is 11.7. The number of methoxy groups -OCH3 is 1. The van der Waals surface area contributed by atoms with Crippen LogP contribution in [0.15, 0.2) is 10.5 Å². The van der Waals surface area contributed by atoms with Crippen molar-refractivity contribution >= 4 is 16.9 Å². The zero-order chi connectivity index (χ0) is 12.7. The molecule has 0 spiro atoms. The number of fused-ring (bicyclic) bond motifs is 1. The Balaban J connectivity index is 2.92. The van der Waals surface area contributed by atoms with E-state index in [1.165, 1.54) is 7.11 Å². The summed E-state index contributed by atoms with van der Waals surface area (Å²) in [6.07, 6.45) is 0. The Kier molecular flexibility index (Phi) is 2.58. The van der Waals surface area contributed by atoms with Crippen LogP contribution in [0.2, 0.25) is 0 Å². The number of phenols is 1. The zero-order valence-electron chi connectivity index (χ0n) is 10.2. The van der Waals surface area contributed by atoms with Crippen molar-refractivity contribution in [1.82, 2.24) is 0 Å². The second kappa shape index (κ2) is 3.80. The van der Waals surface area contributed by atoms with Gasteiger partial charge in [-0.1, -0.05) is 0 Å². The minimum absolute atomic E-state index is 0.167. The molecule has 1 aromatic heterocycles. The van der Waals surface area contributed by atoms with Crippen LogP contribution >= 0.6 is 0 Å². The normalized spacial score (nSPS) is 10.8. The highest BCUT2D eigenvalue weighted by Crippen LogP contribution is 2.35. The second-order valence-corrected chi connectivity index (χ2v) is 4.07. The lowest BCUT2D eigenvalue weighted by Gasteiger charge is -2.03. The molecular formula is C13H14O4. The summed E-state index contributed by atoms with van der Waals surface area (Å²) in [7, 11) is 1.34. The summed E-state index contributed by atoms with van der Waals surface area (Å²) >= 11 is 0. The van der Waals surface area contributed by atoms with Gasteiger partial charge in [0.2, 0.25) is 0 Å². The molecule has 4 heteroatoms. The van der Waals surface area contributed by atoms with Crippen molar-refractivity contribution < 1.29 is 19.1 Å². The SMILES string of the molecule is COC(=O)c1c(C)oc2c(C)c(O)cc(C)c12. The summed E-state index contributed by atoms with van der Waals surface area (Å²) in [5.41, 5.74) is 2.40. The number of ether oxygens (including phenoxy) is 1. The third-order valence-electron chi connectivity index (χ3n) is 2.95. The maximum absolute atomic E-state index is 11.7. The third kappa shape index (κ3) is 1.56. The van der Waals surface area contributed by atoms with E-state index in [0.29, 0.717) is 27.9 Å². The predicted molar refractivity (Wildman–Crippen MR) is 63.4 cm³/mol. The first-order chi connectivity index (χ1) is 7.97. The Hall–Kier alpha value is -1.97. The van der Waals surface area contributed by atoms with Gasteiger partial charge in [0, 0.05) is 10.9 Å². The van der Waals surface area contributed by atoms with Crippen LogP contribution in [0.3, 0.4) is 0 Å². The summed E-state index contributed by atoms with van der Waals surface area (Å²) in [4.78, 5) is 11.7. The van der Waals surface area contributed by atoms with E-state index >= 15 is 0 Å². The van der Waals surface area contributed by atoms with Gasteiger partial charge in [0.15, 0.2) is 0 Å². The van der Waals surface area contributed by atoms with Gasteiger partial charge in [0.05, 0.1) is 7.11 Å². The number of carbonyl (C=O) groups is 1. The number of carbonyl (C=O) groups excluding carboxylic acids is 1. The molecule has 0 bridgehead atoms. The molecule has 1 aromatic carbocycles. The molecular weight excluding hydrogens is 220 g/mol. The lowest BCUT2D eigenvalue weighted by molar-refractivity contribution is 0.0600. The number of aryl methyl sites for hydroxylation is 3. The number of phenolic OH excluding ortho intramolecular Hbond substituents is 1. The van der Waals surface area contributed by atoms with Gasteiger partial charge in [-0.2, -0.15) is 0 Å². The Morgan fingerprint density at radius 3 is 2.59 bits per heavy atom. The summed E-state index contributed by atoms with van der Waals surface area (Å²) < 4.78 is 10.3. The van der Waals surface area contributed by atoms with Crippen LogP contribution in [0, 0.1) is 20.8 Å². The quantitative estimate of drug-likeness (QED) is 0.771. The van der Waals surface area contributed by atoms with Crippen molar-refractivity contribution in [1.29, 1.82) is 0 Å². The highest BCUT2D eigenvalue weighted by molar-refractivity contribution is 6.06. The van der Waals surface area contributed by atoms with E-state index in [9.17, 15) is 9.90 Å². The first-order valence-electron chi connectivity index (χ1n) is 5.28. The van der Waals surface area contributed by atoms with Crippen molar-refractivity contribution in [2.24, 2.45) is 0 Å². The van der Waals surface area contributed by atoms with Gasteiger partial charge < -0.3 is 14.3 Å². The summed E-state index contributed by atoms with van der Waals surface area (Å²) in [6.45, 7) is 5.28. The Morgan fingerprint density at radius 1 is 1.35 bits per heavy atom. The van der Waals surface area contributed by atoms with E-state index < -0.39 is 5.97 Å².